The van der Waals surface area contributed by atoms with Crippen LogP contribution in [-0.4, -0.2) is 11.2 Å². The Bertz CT molecular complexity index is 309. The highest BCUT2D eigenvalue weighted by Crippen LogP contribution is 2.12. The molecule has 0 aromatic heterocycles. The molecule has 0 saturated heterocycles. The van der Waals surface area contributed by atoms with Gasteiger partial charge in [-0.25, -0.2) is 0 Å². The van der Waals surface area contributed by atoms with Crippen LogP contribution < -0.4 is 0 Å². The van der Waals surface area contributed by atoms with Gasteiger partial charge in [-0.05, 0) is 31.4 Å². The molecule has 0 amide bonds. The predicted octanol–water partition coefficient (Wildman–Crippen LogP) is 3.17. The van der Waals surface area contributed by atoms with Crippen LogP contribution in [0.1, 0.15) is 31.4 Å². The molecule has 0 radical (unpaired) electrons. The molecule has 0 heterocycles. The zero-order valence-corrected chi connectivity index (χ0v) is 9.12. The van der Waals surface area contributed by atoms with Gasteiger partial charge in [0.25, 0.3) is 0 Å². The van der Waals surface area contributed by atoms with Crippen LogP contribution >= 0.6 is 0 Å². The van der Waals surface area contributed by atoms with Gasteiger partial charge in [-0.3, -0.25) is 0 Å². The Balaban J connectivity index is 2.81. The zero-order chi connectivity index (χ0) is 10.6. The molecule has 1 nitrogen and oxygen atoms in total. The third kappa shape index (κ3) is 3.00. The van der Waals surface area contributed by atoms with Crippen molar-refractivity contribution in [2.75, 3.05) is 0 Å². The number of aliphatic hydroxyl groups is 1. The van der Waals surface area contributed by atoms with E-state index in [4.69, 9.17) is 0 Å². The van der Waals surface area contributed by atoms with Gasteiger partial charge >= 0.3 is 0 Å². The fraction of sp³-hybridized carbons (Fsp3) is 0.385. The lowest BCUT2D eigenvalue weighted by Crippen LogP contribution is -2.05. The topological polar surface area (TPSA) is 20.2 Å². The van der Waals surface area contributed by atoms with E-state index in [0.717, 1.165) is 17.6 Å². The van der Waals surface area contributed by atoms with E-state index in [1.54, 1.807) is 0 Å². The molecular weight excluding hydrogens is 172 g/mol. The molecule has 1 rings (SSSR count). The second-order valence-electron chi connectivity index (χ2n) is 3.72. The first kappa shape index (κ1) is 11.0. The minimum Gasteiger partial charge on any atom is -0.389 e. The summed E-state index contributed by atoms with van der Waals surface area (Å²) in [5.74, 6) is 0. The van der Waals surface area contributed by atoms with Crippen LogP contribution in [0, 0.1) is 6.92 Å². The van der Waals surface area contributed by atoms with Crippen LogP contribution in [0.5, 0.6) is 0 Å². The summed E-state index contributed by atoms with van der Waals surface area (Å²) in [6.07, 6.45) is 2.50. The highest BCUT2D eigenvalue weighted by molar-refractivity contribution is 5.53. The van der Waals surface area contributed by atoms with Crippen molar-refractivity contribution in [2.45, 2.75) is 33.3 Å². The average Bonchev–Trinajstić information content (AvgIpc) is 2.20. The van der Waals surface area contributed by atoms with Gasteiger partial charge in [-0.2, -0.15) is 0 Å². The lowest BCUT2D eigenvalue weighted by atomic mass is 10.1. The van der Waals surface area contributed by atoms with Crippen LogP contribution in [0.15, 0.2) is 29.8 Å². The molecule has 1 heteroatoms. The molecule has 0 aliphatic carbocycles. The van der Waals surface area contributed by atoms with Gasteiger partial charge in [0.1, 0.15) is 0 Å². The summed E-state index contributed by atoms with van der Waals surface area (Å²) in [6, 6.07) is 8.30. The van der Waals surface area contributed by atoms with Crippen molar-refractivity contribution in [3.8, 4) is 0 Å². The second kappa shape index (κ2) is 4.97. The quantitative estimate of drug-likeness (QED) is 0.776. The Morgan fingerprint density at radius 1 is 1.36 bits per heavy atom. The number of aryl methyl sites for hydroxylation is 1. The van der Waals surface area contributed by atoms with E-state index < -0.39 is 0 Å². The molecule has 0 spiro atoms. The fourth-order valence-corrected chi connectivity index (χ4v) is 1.34. The van der Waals surface area contributed by atoms with Gasteiger partial charge in [-0.15, -0.1) is 0 Å². The van der Waals surface area contributed by atoms with Crippen LogP contribution in [0.2, 0.25) is 0 Å². The summed E-state index contributed by atoms with van der Waals surface area (Å²) in [5.41, 5.74) is 3.44. The van der Waals surface area contributed by atoms with Crippen molar-refractivity contribution in [1.29, 1.82) is 0 Å². The normalized spacial score (nSPS) is 14.1. The minimum atomic E-state index is -0.309. The van der Waals surface area contributed by atoms with E-state index in [-0.39, 0.29) is 6.10 Å². The van der Waals surface area contributed by atoms with Crippen molar-refractivity contribution in [3.05, 3.63) is 41.0 Å². The molecule has 76 valence electrons. The van der Waals surface area contributed by atoms with Gasteiger partial charge in [0, 0.05) is 0 Å². The van der Waals surface area contributed by atoms with Gasteiger partial charge in [0.15, 0.2) is 0 Å². The van der Waals surface area contributed by atoms with E-state index in [9.17, 15) is 5.11 Å². The van der Waals surface area contributed by atoms with Gasteiger partial charge in [-0.1, -0.05) is 42.8 Å². The minimum absolute atomic E-state index is 0.309. The van der Waals surface area contributed by atoms with Crippen molar-refractivity contribution in [2.24, 2.45) is 0 Å². The lowest BCUT2D eigenvalue weighted by molar-refractivity contribution is 0.208. The van der Waals surface area contributed by atoms with Crippen molar-refractivity contribution in [3.63, 3.8) is 0 Å². The third-order valence-electron chi connectivity index (χ3n) is 2.38. The highest BCUT2D eigenvalue weighted by atomic mass is 16.3. The largest absolute Gasteiger partial charge is 0.389 e. The van der Waals surface area contributed by atoms with Gasteiger partial charge in [0.2, 0.25) is 0 Å². The first-order valence-electron chi connectivity index (χ1n) is 5.06. The summed E-state index contributed by atoms with van der Waals surface area (Å²) in [4.78, 5) is 0. The maximum atomic E-state index is 9.57. The molecule has 1 aromatic rings. The molecule has 1 unspecified atom stereocenters. The molecule has 0 aliphatic rings. The van der Waals surface area contributed by atoms with Crippen LogP contribution in [-0.2, 0) is 0 Å². The monoisotopic (exact) mass is 190 g/mol. The maximum absolute atomic E-state index is 9.57. The Hall–Kier alpha value is -1.08. The summed E-state index contributed by atoms with van der Waals surface area (Å²) >= 11 is 0. The summed E-state index contributed by atoms with van der Waals surface area (Å²) in [7, 11) is 0. The van der Waals surface area contributed by atoms with Gasteiger partial charge < -0.3 is 5.11 Å². The van der Waals surface area contributed by atoms with Crippen molar-refractivity contribution >= 4 is 6.08 Å². The Kier molecular flexibility index (Phi) is 3.90. The van der Waals surface area contributed by atoms with Crippen LogP contribution in [0.3, 0.4) is 0 Å². The Labute approximate surface area is 86.1 Å². The smallest absolute Gasteiger partial charge is 0.0748 e. The summed E-state index contributed by atoms with van der Waals surface area (Å²) in [5, 5.41) is 9.57. The number of hydrogen-bond acceptors (Lipinski definition) is 1. The first-order chi connectivity index (χ1) is 6.63. The van der Waals surface area contributed by atoms with Gasteiger partial charge in [0.05, 0.1) is 6.10 Å². The molecular formula is C13H18O. The molecule has 0 bridgehead atoms. The summed E-state index contributed by atoms with van der Waals surface area (Å²) in [6.45, 7) is 6.02. The SMILES string of the molecule is CCC(O)C(C)=Cc1ccc(C)cc1. The van der Waals surface area contributed by atoms with E-state index in [1.165, 1.54) is 5.56 Å². The van der Waals surface area contributed by atoms with E-state index in [0.29, 0.717) is 0 Å². The lowest BCUT2D eigenvalue weighted by Gasteiger charge is -2.07. The standard InChI is InChI=1S/C13H18O/c1-4-13(14)11(3)9-12-7-5-10(2)6-8-12/h5-9,13-14H,4H2,1-3H3. The summed E-state index contributed by atoms with van der Waals surface area (Å²) < 4.78 is 0. The molecule has 1 atom stereocenters. The van der Waals surface area contributed by atoms with Crippen molar-refractivity contribution in [1.82, 2.24) is 0 Å². The molecule has 0 saturated carbocycles. The van der Waals surface area contributed by atoms with Crippen LogP contribution in [0.4, 0.5) is 0 Å². The zero-order valence-electron chi connectivity index (χ0n) is 9.12. The van der Waals surface area contributed by atoms with E-state index >= 15 is 0 Å². The molecule has 0 fully saturated rings. The molecule has 0 aliphatic heterocycles. The number of benzene rings is 1. The van der Waals surface area contributed by atoms with E-state index in [2.05, 4.69) is 31.2 Å². The number of hydrogen-bond donors (Lipinski definition) is 1. The molecule has 1 N–H and O–H groups in total. The Morgan fingerprint density at radius 2 is 1.93 bits per heavy atom. The molecule has 14 heavy (non-hydrogen) atoms. The maximum Gasteiger partial charge on any atom is 0.0748 e. The average molecular weight is 190 g/mol. The number of rotatable bonds is 3. The highest BCUT2D eigenvalue weighted by Gasteiger charge is 2.02. The fourth-order valence-electron chi connectivity index (χ4n) is 1.34. The molecule has 1 aromatic carbocycles. The Morgan fingerprint density at radius 3 is 2.43 bits per heavy atom. The van der Waals surface area contributed by atoms with E-state index in [1.807, 2.05) is 19.9 Å². The van der Waals surface area contributed by atoms with Crippen LogP contribution in [0.25, 0.3) is 6.08 Å². The first-order valence-corrected chi connectivity index (χ1v) is 5.06. The third-order valence-corrected chi connectivity index (χ3v) is 2.38. The van der Waals surface area contributed by atoms with Crippen molar-refractivity contribution < 1.29 is 5.11 Å². The second-order valence-corrected chi connectivity index (χ2v) is 3.72. The predicted molar refractivity (Wildman–Crippen MR) is 61.1 cm³/mol. The number of aliphatic hydroxyl groups excluding tert-OH is 1.